The summed E-state index contributed by atoms with van der Waals surface area (Å²) < 4.78 is 2.11. The Bertz CT molecular complexity index is 606. The van der Waals surface area contributed by atoms with E-state index in [9.17, 15) is 5.11 Å². The molecular weight excluding hydrogens is 256 g/mol. The Morgan fingerprint density at radius 2 is 2.05 bits per heavy atom. The fourth-order valence-electron chi connectivity index (χ4n) is 2.55. The lowest BCUT2D eigenvalue weighted by molar-refractivity contribution is 0.371. The molecule has 1 N–H and O–H groups in total. The molecule has 0 radical (unpaired) electrons. The lowest BCUT2D eigenvalue weighted by atomic mass is 10.2. The number of nitrogens with zero attached hydrogens (tertiary/aromatic N) is 2. The Hall–Kier alpha value is -1.52. The first-order valence-electron chi connectivity index (χ1n) is 6.41. The smallest absolute Gasteiger partial charge is 0.160 e. The summed E-state index contributed by atoms with van der Waals surface area (Å²) in [7, 11) is -1.32. The number of aryl methyl sites for hydroxylation is 1. The average molecular weight is 274 g/mol. The van der Waals surface area contributed by atoms with Crippen molar-refractivity contribution >= 4 is 15.7 Å². The second kappa shape index (κ2) is 4.87. The zero-order valence-electron chi connectivity index (χ0n) is 11.0. The molecule has 0 spiro atoms. The SMILES string of the molecule is CC1=CS(CO)(CCc2ccccc2)c2nccn21. The minimum absolute atomic E-state index is 0.189. The van der Waals surface area contributed by atoms with Gasteiger partial charge in [0, 0.05) is 18.1 Å². The summed E-state index contributed by atoms with van der Waals surface area (Å²) in [4.78, 5) is 4.47. The van der Waals surface area contributed by atoms with Crippen LogP contribution in [0.15, 0.2) is 53.3 Å². The van der Waals surface area contributed by atoms with Crippen LogP contribution in [0.3, 0.4) is 0 Å². The standard InChI is InChI=1S/C15H18N2OS/c1-13-11-19(12-18,15-16-8-9-17(13)15)10-7-14-5-3-2-4-6-14/h2-6,8-9,11,18H,7,10,12H2,1H3. The van der Waals surface area contributed by atoms with E-state index in [1.165, 1.54) is 11.3 Å². The first-order valence-corrected chi connectivity index (χ1v) is 8.44. The first-order chi connectivity index (χ1) is 9.25. The summed E-state index contributed by atoms with van der Waals surface area (Å²) in [5.74, 6) is 1.15. The number of benzene rings is 1. The van der Waals surface area contributed by atoms with Crippen molar-refractivity contribution in [2.24, 2.45) is 0 Å². The van der Waals surface area contributed by atoms with Crippen molar-refractivity contribution in [2.75, 3.05) is 11.7 Å². The lowest BCUT2D eigenvalue weighted by Gasteiger charge is -2.29. The van der Waals surface area contributed by atoms with Gasteiger partial charge in [-0.1, -0.05) is 30.3 Å². The second-order valence-electron chi connectivity index (χ2n) is 4.85. The van der Waals surface area contributed by atoms with Crippen molar-refractivity contribution in [3.63, 3.8) is 0 Å². The predicted molar refractivity (Wildman–Crippen MR) is 80.1 cm³/mol. The van der Waals surface area contributed by atoms with Gasteiger partial charge in [-0.2, -0.15) is 0 Å². The highest BCUT2D eigenvalue weighted by molar-refractivity contribution is 8.36. The van der Waals surface area contributed by atoms with Gasteiger partial charge in [-0.15, -0.1) is 10.0 Å². The molecule has 1 atom stereocenters. The molecule has 0 saturated carbocycles. The van der Waals surface area contributed by atoms with Crippen LogP contribution in [-0.4, -0.2) is 26.3 Å². The molecule has 0 bridgehead atoms. The maximum Gasteiger partial charge on any atom is 0.160 e. The van der Waals surface area contributed by atoms with Crippen LogP contribution < -0.4 is 0 Å². The molecule has 4 heteroatoms. The van der Waals surface area contributed by atoms with E-state index in [2.05, 4.69) is 46.1 Å². The number of allylic oxidation sites excluding steroid dienone is 1. The molecule has 0 saturated heterocycles. The fourth-order valence-corrected chi connectivity index (χ4v) is 5.51. The maximum atomic E-state index is 9.92. The Labute approximate surface area is 114 Å². The molecule has 1 aliphatic heterocycles. The summed E-state index contributed by atoms with van der Waals surface area (Å²) in [5, 5.41) is 13.2. The molecule has 3 nitrogen and oxygen atoms in total. The highest BCUT2D eigenvalue weighted by atomic mass is 32.3. The highest BCUT2D eigenvalue weighted by Gasteiger charge is 2.33. The van der Waals surface area contributed by atoms with Gasteiger partial charge in [0.1, 0.15) is 0 Å². The van der Waals surface area contributed by atoms with Gasteiger partial charge in [-0.25, -0.2) is 4.98 Å². The van der Waals surface area contributed by atoms with E-state index < -0.39 is 10.0 Å². The number of imidazole rings is 1. The van der Waals surface area contributed by atoms with Crippen molar-refractivity contribution < 1.29 is 5.11 Å². The van der Waals surface area contributed by atoms with Gasteiger partial charge in [-0.05, 0) is 30.1 Å². The third-order valence-electron chi connectivity index (χ3n) is 3.57. The van der Waals surface area contributed by atoms with Crippen LogP contribution >= 0.6 is 10.0 Å². The molecule has 1 aliphatic rings. The molecule has 100 valence electrons. The monoisotopic (exact) mass is 274 g/mol. The molecule has 3 rings (SSSR count). The Morgan fingerprint density at radius 3 is 2.79 bits per heavy atom. The van der Waals surface area contributed by atoms with Crippen molar-refractivity contribution in [2.45, 2.75) is 18.5 Å². The molecule has 19 heavy (non-hydrogen) atoms. The zero-order chi connectivity index (χ0) is 13.3. The van der Waals surface area contributed by atoms with Crippen LogP contribution in [0.5, 0.6) is 0 Å². The number of aromatic nitrogens is 2. The second-order valence-corrected chi connectivity index (χ2v) is 8.01. The number of aliphatic hydroxyl groups is 1. The molecule has 1 unspecified atom stereocenters. The Balaban J connectivity index is 1.86. The summed E-state index contributed by atoms with van der Waals surface area (Å²) in [5.41, 5.74) is 2.50. The van der Waals surface area contributed by atoms with Crippen LogP contribution in [-0.2, 0) is 6.42 Å². The highest BCUT2D eigenvalue weighted by Crippen LogP contribution is 2.60. The molecule has 0 fully saturated rings. The van der Waals surface area contributed by atoms with Crippen LogP contribution in [0.25, 0.3) is 5.70 Å². The quantitative estimate of drug-likeness (QED) is 0.930. The number of hydrogen-bond acceptors (Lipinski definition) is 2. The van der Waals surface area contributed by atoms with Crippen molar-refractivity contribution in [1.82, 2.24) is 9.55 Å². The van der Waals surface area contributed by atoms with Crippen LogP contribution in [0.4, 0.5) is 0 Å². The van der Waals surface area contributed by atoms with Gasteiger partial charge in [-0.3, -0.25) is 4.57 Å². The Kier molecular flexibility index (Phi) is 3.21. The number of fused-ring (bicyclic) bond motifs is 1. The van der Waals surface area contributed by atoms with Crippen molar-refractivity contribution in [3.8, 4) is 0 Å². The van der Waals surface area contributed by atoms with Crippen LogP contribution in [0, 0.1) is 0 Å². The van der Waals surface area contributed by atoms with Gasteiger partial charge in [0.05, 0.1) is 5.94 Å². The molecule has 1 aromatic heterocycles. The minimum atomic E-state index is -1.32. The minimum Gasteiger partial charge on any atom is -0.387 e. The van der Waals surface area contributed by atoms with Gasteiger partial charge < -0.3 is 5.11 Å². The van der Waals surface area contributed by atoms with Gasteiger partial charge in [0.15, 0.2) is 5.16 Å². The van der Waals surface area contributed by atoms with E-state index in [0.29, 0.717) is 0 Å². The third kappa shape index (κ3) is 2.11. The average Bonchev–Trinajstić information content (AvgIpc) is 3.02. The third-order valence-corrected chi connectivity index (χ3v) is 6.79. The first kappa shape index (κ1) is 12.5. The van der Waals surface area contributed by atoms with E-state index in [1.807, 2.05) is 18.5 Å². The van der Waals surface area contributed by atoms with Gasteiger partial charge in [0.25, 0.3) is 0 Å². The number of aliphatic hydroxyl groups excluding tert-OH is 1. The normalized spacial score (nSPS) is 24.6. The molecule has 0 aliphatic carbocycles. The summed E-state index contributed by atoms with van der Waals surface area (Å²) in [6.07, 6.45) is 4.78. The molecule has 1 aromatic carbocycles. The van der Waals surface area contributed by atoms with Crippen molar-refractivity contribution in [3.05, 3.63) is 53.7 Å². The molecule has 2 aromatic rings. The summed E-state index contributed by atoms with van der Waals surface area (Å²) >= 11 is 0. The van der Waals surface area contributed by atoms with E-state index in [1.54, 1.807) is 0 Å². The summed E-state index contributed by atoms with van der Waals surface area (Å²) in [6.45, 7) is 2.08. The molecule has 0 amide bonds. The molecular formula is C15H18N2OS. The largest absolute Gasteiger partial charge is 0.387 e. The molecule has 2 heterocycles. The van der Waals surface area contributed by atoms with E-state index >= 15 is 0 Å². The van der Waals surface area contributed by atoms with Crippen molar-refractivity contribution in [1.29, 1.82) is 0 Å². The fraction of sp³-hybridized carbons (Fsp3) is 0.267. The Morgan fingerprint density at radius 1 is 1.26 bits per heavy atom. The van der Waals surface area contributed by atoms with Crippen LogP contribution in [0.2, 0.25) is 0 Å². The van der Waals surface area contributed by atoms with Gasteiger partial charge >= 0.3 is 0 Å². The number of hydrogen-bond donors (Lipinski definition) is 1. The van der Waals surface area contributed by atoms with E-state index in [-0.39, 0.29) is 5.94 Å². The predicted octanol–water partition coefficient (Wildman–Crippen LogP) is 3.07. The topological polar surface area (TPSA) is 38.1 Å². The van der Waals surface area contributed by atoms with E-state index in [0.717, 1.165) is 17.3 Å². The van der Waals surface area contributed by atoms with E-state index in [4.69, 9.17) is 0 Å². The zero-order valence-corrected chi connectivity index (χ0v) is 11.8. The maximum absolute atomic E-state index is 9.92. The van der Waals surface area contributed by atoms with Crippen LogP contribution in [0.1, 0.15) is 12.5 Å². The van der Waals surface area contributed by atoms with Gasteiger partial charge in [0.2, 0.25) is 0 Å². The number of rotatable bonds is 4. The lowest BCUT2D eigenvalue weighted by Crippen LogP contribution is -2.10. The summed E-state index contributed by atoms with van der Waals surface area (Å²) in [6, 6.07) is 10.4.